The Balaban J connectivity index is 1.78. The average Bonchev–Trinajstić information content (AvgIpc) is 3.97. The van der Waals surface area contributed by atoms with E-state index in [1.54, 1.807) is 27.7 Å². The maximum Gasteiger partial charge on any atom is 0.309 e. The van der Waals surface area contributed by atoms with E-state index in [2.05, 4.69) is 56.4 Å². The first kappa shape index (κ1) is 56.0. The lowest BCUT2D eigenvalue weighted by molar-refractivity contribution is -0.344. The van der Waals surface area contributed by atoms with Crippen molar-refractivity contribution in [2.45, 2.75) is 223 Å². The summed E-state index contributed by atoms with van der Waals surface area (Å²) in [7, 11) is 2.97. The van der Waals surface area contributed by atoms with E-state index in [0.29, 0.717) is 17.3 Å². The van der Waals surface area contributed by atoms with Crippen molar-refractivity contribution in [3.05, 3.63) is 24.3 Å². The Morgan fingerprint density at radius 2 is 1.55 bits per heavy atom. The van der Waals surface area contributed by atoms with Gasteiger partial charge in [-0.05, 0) is 72.3 Å². The Kier molecular flexibility index (Phi) is 21.4. The smallest absolute Gasteiger partial charge is 0.309 e. The van der Waals surface area contributed by atoms with Gasteiger partial charge in [0.25, 0.3) is 0 Å². The lowest BCUT2D eigenvalue weighted by atomic mass is 9.82. The second-order valence-electron chi connectivity index (χ2n) is 18.8. The van der Waals surface area contributed by atoms with Crippen molar-refractivity contribution in [3.63, 3.8) is 0 Å². The molecule has 17 atom stereocenters. The molecule has 2 N–H and O–H groups in total. The summed E-state index contributed by atoms with van der Waals surface area (Å²) in [5.41, 5.74) is -2.55. The monoisotopic (exact) mass is 1050 g/mol. The third-order valence-electron chi connectivity index (χ3n) is 13.7. The number of cyclic esters (lactones) is 1. The summed E-state index contributed by atoms with van der Waals surface area (Å²) >= 11 is 2.29. The number of aliphatic hydroxyl groups is 2. The molecular weight excluding hydrogens is 973 g/mol. The molecule has 18 heteroatoms. The number of alkyl halides is 1. The number of likely N-dealkylation sites (N-methyl/N-ethyl adjacent to an activating group) is 1. The number of methoxy groups -OCH3 is 1. The molecule has 0 aromatic carbocycles. The van der Waals surface area contributed by atoms with Crippen molar-refractivity contribution in [3.8, 4) is 0 Å². The Hall–Kier alpha value is -1.56. The Morgan fingerprint density at radius 1 is 0.908 bits per heavy atom. The quantitative estimate of drug-likeness (QED) is 0.0446. The average molecular weight is 1050 g/mol. The number of hydrogen-bond acceptors (Lipinski definition) is 16. The molecule has 0 bridgehead atoms. The highest BCUT2D eigenvalue weighted by Crippen LogP contribution is 2.51. The molecule has 374 valence electrons. The predicted octanol–water partition coefficient (Wildman–Crippen LogP) is 6.16. The number of nitrogens with zero attached hydrogens (tertiary/aromatic N) is 1. The van der Waals surface area contributed by atoms with Crippen LogP contribution >= 0.6 is 22.6 Å². The summed E-state index contributed by atoms with van der Waals surface area (Å²) < 4.78 is 64.7. The van der Waals surface area contributed by atoms with Gasteiger partial charge in [-0.25, -0.2) is 0 Å². The van der Waals surface area contributed by atoms with Gasteiger partial charge in [-0.1, -0.05) is 88.4 Å². The summed E-state index contributed by atoms with van der Waals surface area (Å²) in [6.07, 6.45) is -2.38. The molecule has 4 aliphatic rings. The first-order valence-electron chi connectivity index (χ1n) is 23.7. The van der Waals surface area contributed by atoms with Crippen LogP contribution in [-0.2, 0) is 61.4 Å². The van der Waals surface area contributed by atoms with Gasteiger partial charge in [-0.3, -0.25) is 14.4 Å². The second-order valence-corrected chi connectivity index (χ2v) is 24.4. The van der Waals surface area contributed by atoms with E-state index in [4.69, 9.17) is 47.1 Å². The van der Waals surface area contributed by atoms with Gasteiger partial charge in [-0.2, -0.15) is 0 Å². The van der Waals surface area contributed by atoms with E-state index in [1.807, 2.05) is 51.1 Å². The van der Waals surface area contributed by atoms with Crippen LogP contribution in [0.5, 0.6) is 0 Å². The summed E-state index contributed by atoms with van der Waals surface area (Å²) in [4.78, 5) is 40.9. The van der Waals surface area contributed by atoms with E-state index in [-0.39, 0.29) is 43.8 Å². The molecule has 65 heavy (non-hydrogen) atoms. The summed E-state index contributed by atoms with van der Waals surface area (Å²) in [6, 6.07) is 2.15. The zero-order chi connectivity index (χ0) is 48.4. The minimum absolute atomic E-state index is 0.0145. The summed E-state index contributed by atoms with van der Waals surface area (Å²) in [5, 5.41) is 23.9. The van der Waals surface area contributed by atoms with Gasteiger partial charge in [0.1, 0.15) is 47.8 Å². The minimum Gasteiger partial charge on any atom is -0.462 e. The van der Waals surface area contributed by atoms with E-state index < -0.39 is 111 Å². The highest BCUT2D eigenvalue weighted by Gasteiger charge is 2.66. The van der Waals surface area contributed by atoms with Crippen LogP contribution in [0.15, 0.2) is 24.3 Å². The number of carbonyl (C=O) groups excluding carboxylic acids is 3. The van der Waals surface area contributed by atoms with Crippen molar-refractivity contribution in [2.75, 3.05) is 25.6 Å². The van der Waals surface area contributed by atoms with Crippen molar-refractivity contribution in [1.82, 2.24) is 4.90 Å². The fourth-order valence-corrected chi connectivity index (χ4v) is 13.5. The summed E-state index contributed by atoms with van der Waals surface area (Å²) in [6.45, 7) is 19.0. The summed E-state index contributed by atoms with van der Waals surface area (Å²) in [5.74, 6) is -1.69. The maximum atomic E-state index is 13.7. The molecule has 4 rings (SSSR count). The van der Waals surface area contributed by atoms with Gasteiger partial charge in [0, 0.05) is 37.2 Å². The number of ether oxygens (including phenoxy) is 9. The number of rotatable bonds is 16. The largest absolute Gasteiger partial charge is 0.462 e. The van der Waals surface area contributed by atoms with Crippen LogP contribution in [0.1, 0.15) is 108 Å². The van der Waals surface area contributed by atoms with E-state index >= 15 is 0 Å². The lowest BCUT2D eigenvalue weighted by Crippen LogP contribution is -2.66. The third-order valence-corrected chi connectivity index (χ3v) is 19.2. The van der Waals surface area contributed by atoms with Crippen LogP contribution in [0.2, 0.25) is 18.1 Å². The lowest BCUT2D eigenvalue weighted by Gasteiger charge is -2.50. The molecule has 0 radical (unpaired) electrons. The van der Waals surface area contributed by atoms with Crippen LogP contribution in [0.3, 0.4) is 0 Å². The zero-order valence-corrected chi connectivity index (χ0v) is 44.2. The molecule has 3 fully saturated rings. The standard InChI is InChI=1S/C47H80INO15Si/c1-14-35(50)59-33-24-37(52)56-29(7)22-20-19-21-23-32(64-65(16-3,17-4)18-5)28(6)25-47(34(27-48)63-47)44(42(33)55-13)62-45-40(53)39(49(11)12)41(30(8)58-45)61-38-26-46(10,54)43(31(9)57-38)60-36(51)15-2/h19-21,23,28-34,38-45,53-54H,14-18,22,24-27H2,1-13H3/t28-,29-,30?,31?,32+,33-,34-,38?,39?,40?,41?,42+,43?,44-,45?,46?,47+/m1/s1. The van der Waals surface area contributed by atoms with Gasteiger partial charge in [-0.15, -0.1) is 0 Å². The third kappa shape index (κ3) is 14.0. The number of hydrogen-bond donors (Lipinski definition) is 2. The molecule has 1 spiro atoms. The van der Waals surface area contributed by atoms with E-state index in [0.717, 1.165) is 18.1 Å². The Labute approximate surface area is 402 Å². The SMILES string of the molecule is CCC(=O)OC1C(C)OC(OC2C(C)OC(O[C@@H]3[C@@H](OC)[C@H](OC(=O)CC)CC(=O)O[C@H](C)CC=CC=C[C@H](O[Si](CC)(CC)CC)[C@H](C)C[C@@]34O[C@@H]4CI)C(O)C2N(C)C)CC1(C)O. The molecule has 3 saturated heterocycles. The van der Waals surface area contributed by atoms with Crippen molar-refractivity contribution in [2.24, 2.45) is 5.92 Å². The fourth-order valence-electron chi connectivity index (χ4n) is 9.69. The zero-order valence-electron chi connectivity index (χ0n) is 41.1. The first-order chi connectivity index (χ1) is 30.7. The number of carbonyl (C=O) groups is 3. The highest BCUT2D eigenvalue weighted by atomic mass is 127. The maximum absolute atomic E-state index is 13.7. The number of esters is 3. The normalized spacial score (nSPS) is 39.8. The van der Waals surface area contributed by atoms with Crippen LogP contribution in [0.25, 0.3) is 0 Å². The Morgan fingerprint density at radius 3 is 2.11 bits per heavy atom. The van der Waals surface area contributed by atoms with E-state index in [1.165, 1.54) is 7.11 Å². The van der Waals surface area contributed by atoms with Crippen LogP contribution in [-0.4, -0.2) is 164 Å². The molecular formula is C47H80INO15Si. The fraction of sp³-hybridized carbons (Fsp3) is 0.851. The molecule has 4 aliphatic heterocycles. The second kappa shape index (κ2) is 24.8. The van der Waals surface area contributed by atoms with Gasteiger partial charge < -0.3 is 62.2 Å². The molecule has 9 unspecified atom stereocenters. The number of halogens is 1. The minimum atomic E-state index is -2.13. The number of aliphatic hydroxyl groups excluding tert-OH is 1. The van der Waals surface area contributed by atoms with Gasteiger partial charge in [0.05, 0.1) is 36.9 Å². The van der Waals surface area contributed by atoms with Gasteiger partial charge >= 0.3 is 17.9 Å². The van der Waals surface area contributed by atoms with Crippen molar-refractivity contribution < 1.29 is 71.7 Å². The molecule has 0 saturated carbocycles. The van der Waals surface area contributed by atoms with Gasteiger partial charge in [0.15, 0.2) is 27.0 Å². The van der Waals surface area contributed by atoms with Crippen LogP contribution < -0.4 is 0 Å². The molecule has 0 aromatic rings. The number of allylic oxidation sites excluding steroid dienone is 2. The number of epoxide rings is 1. The molecule has 0 aromatic heterocycles. The van der Waals surface area contributed by atoms with Crippen LogP contribution in [0.4, 0.5) is 0 Å². The molecule has 4 heterocycles. The first-order valence-corrected chi connectivity index (χ1v) is 27.8. The topological polar surface area (TPSA) is 191 Å². The Bertz CT molecular complexity index is 1590. The van der Waals surface area contributed by atoms with Gasteiger partial charge in [0.2, 0.25) is 0 Å². The predicted molar refractivity (Wildman–Crippen MR) is 254 cm³/mol. The molecule has 0 aliphatic carbocycles. The van der Waals surface area contributed by atoms with Crippen molar-refractivity contribution in [1.29, 1.82) is 0 Å². The molecule has 0 amide bonds. The highest BCUT2D eigenvalue weighted by molar-refractivity contribution is 14.1. The van der Waals surface area contributed by atoms with Crippen molar-refractivity contribution >= 4 is 48.8 Å². The van der Waals surface area contributed by atoms with Crippen LogP contribution in [0, 0.1) is 5.92 Å². The molecule has 16 nitrogen and oxygen atoms in total. The van der Waals surface area contributed by atoms with E-state index in [9.17, 15) is 24.6 Å².